The van der Waals surface area contributed by atoms with Gasteiger partial charge >= 0.3 is 5.97 Å². The van der Waals surface area contributed by atoms with Crippen LogP contribution in [0.2, 0.25) is 0 Å². The van der Waals surface area contributed by atoms with Gasteiger partial charge in [-0.15, -0.1) is 0 Å². The van der Waals surface area contributed by atoms with E-state index in [1.54, 1.807) is 19.1 Å². The molecule has 1 aromatic carbocycles. The first-order chi connectivity index (χ1) is 12.0. The van der Waals surface area contributed by atoms with Gasteiger partial charge in [-0.2, -0.15) is 0 Å². The second kappa shape index (κ2) is 8.68. The molecule has 2 aromatic rings. The molecule has 25 heavy (non-hydrogen) atoms. The van der Waals surface area contributed by atoms with Crippen molar-refractivity contribution in [1.29, 1.82) is 0 Å². The number of hydrogen-bond acceptors (Lipinski definition) is 6. The van der Waals surface area contributed by atoms with E-state index >= 15 is 0 Å². The topological polar surface area (TPSA) is 90.7 Å². The van der Waals surface area contributed by atoms with E-state index in [1.165, 1.54) is 13.0 Å². The lowest BCUT2D eigenvalue weighted by molar-refractivity contribution is -0.148. The first-order valence-electron chi connectivity index (χ1n) is 7.84. The minimum Gasteiger partial charge on any atom is -0.493 e. The molecule has 2 rings (SSSR count). The summed E-state index contributed by atoms with van der Waals surface area (Å²) in [6.45, 7) is 5.58. The van der Waals surface area contributed by atoms with Gasteiger partial charge in [-0.25, -0.2) is 4.79 Å². The van der Waals surface area contributed by atoms with Crippen molar-refractivity contribution >= 4 is 23.8 Å². The normalized spacial score (nSPS) is 12.0. The Morgan fingerprint density at radius 2 is 2.12 bits per heavy atom. The summed E-state index contributed by atoms with van der Waals surface area (Å²) in [5.74, 6) is 0.374. The van der Waals surface area contributed by atoms with Crippen LogP contribution in [0.1, 0.15) is 25.2 Å². The minimum atomic E-state index is -0.976. The maximum absolute atomic E-state index is 12.0. The molecule has 1 aromatic heterocycles. The van der Waals surface area contributed by atoms with E-state index in [-0.39, 0.29) is 5.82 Å². The molecule has 0 saturated heterocycles. The molecule has 1 heterocycles. The van der Waals surface area contributed by atoms with E-state index in [0.717, 1.165) is 5.56 Å². The number of benzene rings is 1. The van der Waals surface area contributed by atoms with Crippen LogP contribution in [0.3, 0.4) is 0 Å². The lowest BCUT2D eigenvalue weighted by atomic mass is 10.2. The summed E-state index contributed by atoms with van der Waals surface area (Å²) >= 11 is 0. The molecule has 0 aliphatic carbocycles. The molecule has 132 valence electrons. The van der Waals surface area contributed by atoms with Crippen LogP contribution in [0.15, 0.2) is 40.9 Å². The molecule has 0 bridgehead atoms. The second-order valence-corrected chi connectivity index (χ2v) is 5.20. The Bertz CT molecular complexity index is 766. The van der Waals surface area contributed by atoms with Crippen LogP contribution in [0.4, 0.5) is 5.82 Å². The number of anilines is 1. The number of esters is 1. The number of nitrogens with zero attached hydrogens (tertiary/aromatic N) is 1. The highest BCUT2D eigenvalue weighted by Gasteiger charge is 2.18. The molecule has 1 amide bonds. The molecule has 0 aliphatic heterocycles. The van der Waals surface area contributed by atoms with Gasteiger partial charge < -0.3 is 19.3 Å². The van der Waals surface area contributed by atoms with Gasteiger partial charge in [0.25, 0.3) is 5.91 Å². The Morgan fingerprint density at radius 3 is 2.80 bits per heavy atom. The third-order valence-corrected chi connectivity index (χ3v) is 3.16. The fourth-order valence-corrected chi connectivity index (χ4v) is 1.98. The Balaban J connectivity index is 1.91. The van der Waals surface area contributed by atoms with Crippen molar-refractivity contribution in [2.75, 3.05) is 11.9 Å². The fourth-order valence-electron chi connectivity index (χ4n) is 1.98. The number of aryl methyl sites for hydroxylation is 1. The minimum absolute atomic E-state index is 0.270. The number of carbonyl (C=O) groups excluding carboxylic acids is 2. The van der Waals surface area contributed by atoms with Crippen LogP contribution >= 0.6 is 0 Å². The number of rotatable bonds is 7. The van der Waals surface area contributed by atoms with Gasteiger partial charge in [0, 0.05) is 17.7 Å². The smallest absolute Gasteiger partial charge is 0.331 e. The number of ether oxygens (including phenoxy) is 2. The summed E-state index contributed by atoms with van der Waals surface area (Å²) in [6.07, 6.45) is 1.86. The number of para-hydroxylation sites is 1. The standard InChI is InChI=1S/C18H20N2O5/c1-4-23-15-8-6-5-7-14(15)9-10-17(21)24-13(3)18(22)19-16-11-12(2)25-20-16/h5-11,13H,4H2,1-3H3,(H,19,20,22)/b10-9+/t13-/m1/s1. The molecule has 0 radical (unpaired) electrons. The van der Waals surface area contributed by atoms with E-state index in [1.807, 2.05) is 31.2 Å². The van der Waals surface area contributed by atoms with Crippen molar-refractivity contribution < 1.29 is 23.6 Å². The highest BCUT2D eigenvalue weighted by atomic mass is 16.5. The lowest BCUT2D eigenvalue weighted by Crippen LogP contribution is -2.29. The molecule has 0 spiro atoms. The van der Waals surface area contributed by atoms with Crippen molar-refractivity contribution in [3.63, 3.8) is 0 Å². The van der Waals surface area contributed by atoms with E-state index < -0.39 is 18.0 Å². The first kappa shape index (κ1) is 18.3. The quantitative estimate of drug-likeness (QED) is 0.613. The molecule has 1 N–H and O–H groups in total. The van der Waals surface area contributed by atoms with Gasteiger partial charge in [0.2, 0.25) is 0 Å². The third-order valence-electron chi connectivity index (χ3n) is 3.16. The van der Waals surface area contributed by atoms with Gasteiger partial charge in [0.15, 0.2) is 11.9 Å². The maximum Gasteiger partial charge on any atom is 0.331 e. The Labute approximate surface area is 145 Å². The van der Waals surface area contributed by atoms with E-state index in [4.69, 9.17) is 14.0 Å². The molecular weight excluding hydrogens is 324 g/mol. The Hall–Kier alpha value is -3.09. The van der Waals surface area contributed by atoms with Gasteiger partial charge in [0.05, 0.1) is 6.61 Å². The summed E-state index contributed by atoms with van der Waals surface area (Å²) in [5.41, 5.74) is 0.747. The molecule has 7 heteroatoms. The van der Waals surface area contributed by atoms with Gasteiger partial charge in [-0.1, -0.05) is 23.4 Å². The zero-order chi connectivity index (χ0) is 18.2. The highest BCUT2D eigenvalue weighted by Crippen LogP contribution is 2.19. The predicted octanol–water partition coefficient (Wildman–Crippen LogP) is 2.97. The molecule has 0 fully saturated rings. The zero-order valence-corrected chi connectivity index (χ0v) is 14.3. The monoisotopic (exact) mass is 344 g/mol. The van der Waals surface area contributed by atoms with E-state index in [2.05, 4.69) is 10.5 Å². The van der Waals surface area contributed by atoms with Crippen molar-refractivity contribution in [2.24, 2.45) is 0 Å². The molecular formula is C18H20N2O5. The zero-order valence-electron chi connectivity index (χ0n) is 14.3. The van der Waals surface area contributed by atoms with Gasteiger partial charge in [0.1, 0.15) is 11.5 Å². The number of nitrogens with one attached hydrogen (secondary N) is 1. The van der Waals surface area contributed by atoms with Crippen molar-refractivity contribution in [1.82, 2.24) is 5.16 Å². The molecule has 1 atom stereocenters. The summed E-state index contributed by atoms with van der Waals surface area (Å²) in [4.78, 5) is 23.8. The van der Waals surface area contributed by atoms with Crippen molar-refractivity contribution in [2.45, 2.75) is 26.9 Å². The van der Waals surface area contributed by atoms with E-state index in [9.17, 15) is 9.59 Å². The highest BCUT2D eigenvalue weighted by molar-refractivity contribution is 5.96. The second-order valence-electron chi connectivity index (χ2n) is 5.20. The first-order valence-corrected chi connectivity index (χ1v) is 7.84. The summed E-state index contributed by atoms with van der Waals surface area (Å²) in [7, 11) is 0. The Kier molecular flexibility index (Phi) is 6.33. The molecule has 7 nitrogen and oxygen atoms in total. The lowest BCUT2D eigenvalue weighted by Gasteiger charge is -2.10. The largest absolute Gasteiger partial charge is 0.493 e. The van der Waals surface area contributed by atoms with Gasteiger partial charge in [-0.3, -0.25) is 4.79 Å². The molecule has 0 saturated carbocycles. The summed E-state index contributed by atoms with van der Waals surface area (Å²) in [5, 5.41) is 6.15. The predicted molar refractivity (Wildman–Crippen MR) is 92.1 cm³/mol. The number of amides is 1. The molecule has 0 unspecified atom stereocenters. The third kappa shape index (κ3) is 5.49. The SMILES string of the molecule is CCOc1ccccc1/C=C/C(=O)O[C@H](C)C(=O)Nc1cc(C)on1. The van der Waals surface area contributed by atoms with Crippen LogP contribution < -0.4 is 10.1 Å². The van der Waals surface area contributed by atoms with Crippen molar-refractivity contribution in [3.05, 3.63) is 47.7 Å². The average Bonchev–Trinajstić information content (AvgIpc) is 2.99. The number of carbonyl (C=O) groups is 2. The number of aromatic nitrogens is 1. The maximum atomic E-state index is 12.0. The summed E-state index contributed by atoms with van der Waals surface area (Å²) in [6, 6.07) is 8.88. The van der Waals surface area contributed by atoms with Crippen LogP contribution in [-0.2, 0) is 14.3 Å². The molecule has 0 aliphatic rings. The fraction of sp³-hybridized carbons (Fsp3) is 0.278. The van der Waals surface area contributed by atoms with Crippen molar-refractivity contribution in [3.8, 4) is 5.75 Å². The van der Waals surface area contributed by atoms with Crippen LogP contribution in [-0.4, -0.2) is 29.7 Å². The Morgan fingerprint density at radius 1 is 1.36 bits per heavy atom. The van der Waals surface area contributed by atoms with Gasteiger partial charge in [-0.05, 0) is 32.9 Å². The van der Waals surface area contributed by atoms with Crippen LogP contribution in [0, 0.1) is 6.92 Å². The summed E-state index contributed by atoms with van der Waals surface area (Å²) < 4.78 is 15.4. The average molecular weight is 344 g/mol. The number of hydrogen-bond donors (Lipinski definition) is 1. The van der Waals surface area contributed by atoms with Crippen LogP contribution in [0.25, 0.3) is 6.08 Å². The van der Waals surface area contributed by atoms with E-state index in [0.29, 0.717) is 18.1 Å². The van der Waals surface area contributed by atoms with Crippen LogP contribution in [0.5, 0.6) is 5.75 Å².